The van der Waals surface area contributed by atoms with Crippen molar-refractivity contribution in [2.24, 2.45) is 0 Å². The minimum atomic E-state index is -0.890. The number of carbonyl (C=O) groups is 1. The number of aryl methyl sites for hydroxylation is 1. The molecule has 5 nitrogen and oxygen atoms in total. The molecule has 1 aromatic heterocycles. The number of aromatic carboxylic acids is 1. The zero-order chi connectivity index (χ0) is 20.5. The zero-order valence-corrected chi connectivity index (χ0v) is 16.4. The number of carboxylic acid groups (broad SMARTS) is 1. The third kappa shape index (κ3) is 3.62. The summed E-state index contributed by atoms with van der Waals surface area (Å²) in [7, 11) is 0. The number of rotatable bonds is 4. The van der Waals surface area contributed by atoms with Gasteiger partial charge in [0, 0.05) is 17.8 Å². The minimum Gasteiger partial charge on any atom is -0.478 e. The first-order valence-electron chi connectivity index (χ1n) is 10.1. The molecule has 0 spiro atoms. The molecule has 0 saturated heterocycles. The maximum atomic E-state index is 11.3. The first kappa shape index (κ1) is 18.3. The number of fused-ring (bicyclic) bond motifs is 2. The highest BCUT2D eigenvalue weighted by Gasteiger charge is 2.20. The molecule has 0 amide bonds. The smallest absolute Gasteiger partial charge is 0.335 e. The van der Waals surface area contributed by atoms with Crippen LogP contribution in [0.2, 0.25) is 0 Å². The van der Waals surface area contributed by atoms with E-state index in [1.54, 1.807) is 18.3 Å². The van der Waals surface area contributed by atoms with E-state index in [4.69, 9.17) is 4.98 Å². The first-order chi connectivity index (χ1) is 14.7. The van der Waals surface area contributed by atoms with Crippen molar-refractivity contribution in [2.45, 2.75) is 25.3 Å². The highest BCUT2D eigenvalue weighted by molar-refractivity contribution is 5.88. The summed E-state index contributed by atoms with van der Waals surface area (Å²) in [6, 6.07) is 22.1. The number of hydrogen-bond donors (Lipinski definition) is 2. The van der Waals surface area contributed by atoms with Crippen molar-refractivity contribution >= 4 is 22.7 Å². The molecule has 1 unspecified atom stereocenters. The summed E-state index contributed by atoms with van der Waals surface area (Å²) in [6.07, 6.45) is 4.42. The van der Waals surface area contributed by atoms with E-state index in [9.17, 15) is 9.90 Å². The van der Waals surface area contributed by atoms with Gasteiger partial charge in [-0.25, -0.2) is 14.8 Å². The Balaban J connectivity index is 1.37. The minimum absolute atomic E-state index is 0.174. The van der Waals surface area contributed by atoms with Crippen molar-refractivity contribution in [2.75, 3.05) is 5.32 Å². The first-order valence-corrected chi connectivity index (χ1v) is 10.1. The van der Waals surface area contributed by atoms with Gasteiger partial charge in [0.15, 0.2) is 0 Å². The van der Waals surface area contributed by atoms with E-state index in [1.807, 2.05) is 24.3 Å². The Labute approximate surface area is 174 Å². The van der Waals surface area contributed by atoms with Gasteiger partial charge in [-0.3, -0.25) is 0 Å². The molecule has 5 rings (SSSR count). The van der Waals surface area contributed by atoms with Gasteiger partial charge in [-0.05, 0) is 65.4 Å². The second-order valence-electron chi connectivity index (χ2n) is 7.70. The standard InChI is InChI=1S/C25H21N3O2/c29-24(30)20-8-6-17-9-10-22(15-21(17)14-20)27-25-26-12-11-23(28-25)19-7-5-16-3-1-2-4-18(16)13-19/h1-8,11-14,22H,9-10,15H2,(H,29,30)(H,26,27,28). The maximum Gasteiger partial charge on any atom is 0.335 e. The van der Waals surface area contributed by atoms with Gasteiger partial charge >= 0.3 is 5.97 Å². The third-order valence-electron chi connectivity index (χ3n) is 5.72. The molecule has 0 saturated carbocycles. The normalized spacial score (nSPS) is 15.5. The second kappa shape index (κ2) is 7.59. The van der Waals surface area contributed by atoms with Crippen LogP contribution in [-0.2, 0) is 12.8 Å². The highest BCUT2D eigenvalue weighted by atomic mass is 16.4. The van der Waals surface area contributed by atoms with Crippen molar-refractivity contribution in [3.8, 4) is 11.3 Å². The average Bonchev–Trinajstić information content (AvgIpc) is 2.78. The Hall–Kier alpha value is -3.73. The van der Waals surface area contributed by atoms with Gasteiger partial charge in [-0.1, -0.05) is 42.5 Å². The second-order valence-corrected chi connectivity index (χ2v) is 7.70. The van der Waals surface area contributed by atoms with Crippen molar-refractivity contribution in [1.29, 1.82) is 0 Å². The van der Waals surface area contributed by atoms with E-state index in [1.165, 1.54) is 16.3 Å². The lowest BCUT2D eigenvalue weighted by atomic mass is 9.87. The van der Waals surface area contributed by atoms with E-state index in [2.05, 4.69) is 40.6 Å². The topological polar surface area (TPSA) is 75.1 Å². The number of benzene rings is 3. The predicted octanol–water partition coefficient (Wildman–Crippen LogP) is 4.96. The summed E-state index contributed by atoms with van der Waals surface area (Å²) < 4.78 is 0. The highest BCUT2D eigenvalue weighted by Crippen LogP contribution is 2.26. The van der Waals surface area contributed by atoms with Crippen molar-refractivity contribution in [3.63, 3.8) is 0 Å². The average molecular weight is 395 g/mol. The number of anilines is 1. The van der Waals surface area contributed by atoms with Gasteiger partial charge in [-0.2, -0.15) is 0 Å². The van der Waals surface area contributed by atoms with Crippen LogP contribution < -0.4 is 5.32 Å². The Morgan fingerprint density at radius 2 is 1.83 bits per heavy atom. The molecule has 0 bridgehead atoms. The van der Waals surface area contributed by atoms with E-state index in [-0.39, 0.29) is 6.04 Å². The van der Waals surface area contributed by atoms with E-state index >= 15 is 0 Å². The van der Waals surface area contributed by atoms with Crippen LogP contribution in [0.5, 0.6) is 0 Å². The molecule has 3 aromatic carbocycles. The van der Waals surface area contributed by atoms with E-state index in [0.717, 1.165) is 36.1 Å². The quantitative estimate of drug-likeness (QED) is 0.511. The summed E-state index contributed by atoms with van der Waals surface area (Å²) in [5.74, 6) is -0.289. The molecule has 2 N–H and O–H groups in total. The van der Waals surface area contributed by atoms with Crippen LogP contribution in [-0.4, -0.2) is 27.1 Å². The van der Waals surface area contributed by atoms with Crippen LogP contribution in [0.15, 0.2) is 72.9 Å². The van der Waals surface area contributed by atoms with Crippen LogP contribution in [0, 0.1) is 0 Å². The van der Waals surface area contributed by atoms with Gasteiger partial charge in [-0.15, -0.1) is 0 Å². The number of hydrogen-bond acceptors (Lipinski definition) is 4. The molecule has 0 radical (unpaired) electrons. The SMILES string of the molecule is O=C(O)c1ccc2c(c1)CC(Nc1nccc(-c3ccc4ccccc4c3)n1)CC2. The van der Waals surface area contributed by atoms with Crippen LogP contribution in [0.3, 0.4) is 0 Å². The molecule has 5 heteroatoms. The maximum absolute atomic E-state index is 11.3. The lowest BCUT2D eigenvalue weighted by Gasteiger charge is -2.26. The molecule has 1 aliphatic carbocycles. The van der Waals surface area contributed by atoms with Gasteiger partial charge < -0.3 is 10.4 Å². The Kier molecular flexibility index (Phi) is 4.64. The summed E-state index contributed by atoms with van der Waals surface area (Å²) in [6.45, 7) is 0. The molecular formula is C25H21N3O2. The largest absolute Gasteiger partial charge is 0.478 e. The van der Waals surface area contributed by atoms with E-state index in [0.29, 0.717) is 11.5 Å². The van der Waals surface area contributed by atoms with Crippen molar-refractivity contribution < 1.29 is 9.90 Å². The summed E-state index contributed by atoms with van der Waals surface area (Å²) in [4.78, 5) is 20.4. The molecular weight excluding hydrogens is 374 g/mol. The number of aromatic nitrogens is 2. The Bertz CT molecular complexity index is 1250. The molecule has 0 fully saturated rings. The number of carboxylic acids is 1. The molecule has 148 valence electrons. The summed E-state index contributed by atoms with van der Waals surface area (Å²) in [5, 5.41) is 15.1. The van der Waals surface area contributed by atoms with Crippen molar-refractivity contribution in [3.05, 3.63) is 89.6 Å². The van der Waals surface area contributed by atoms with E-state index < -0.39 is 5.97 Å². The van der Waals surface area contributed by atoms with Gasteiger partial charge in [0.2, 0.25) is 5.95 Å². The summed E-state index contributed by atoms with van der Waals surface area (Å²) >= 11 is 0. The number of nitrogens with one attached hydrogen (secondary N) is 1. The number of nitrogens with zero attached hydrogens (tertiary/aromatic N) is 2. The molecule has 0 aliphatic heterocycles. The predicted molar refractivity (Wildman–Crippen MR) is 118 cm³/mol. The Morgan fingerprint density at radius 1 is 0.967 bits per heavy atom. The van der Waals surface area contributed by atoms with Gasteiger partial charge in [0.1, 0.15) is 0 Å². The van der Waals surface area contributed by atoms with Crippen LogP contribution in [0.4, 0.5) is 5.95 Å². The van der Waals surface area contributed by atoms with Gasteiger partial charge in [0.05, 0.1) is 11.3 Å². The molecule has 1 heterocycles. The van der Waals surface area contributed by atoms with Crippen molar-refractivity contribution in [1.82, 2.24) is 9.97 Å². The molecule has 1 atom stereocenters. The zero-order valence-electron chi connectivity index (χ0n) is 16.4. The summed E-state index contributed by atoms with van der Waals surface area (Å²) in [5.41, 5.74) is 4.58. The molecule has 1 aliphatic rings. The fraction of sp³-hybridized carbons (Fsp3) is 0.160. The molecule has 4 aromatic rings. The fourth-order valence-corrected chi connectivity index (χ4v) is 4.13. The lowest BCUT2D eigenvalue weighted by Crippen LogP contribution is -2.28. The van der Waals surface area contributed by atoms with Crippen LogP contribution in [0.25, 0.3) is 22.0 Å². The monoisotopic (exact) mass is 395 g/mol. The van der Waals surface area contributed by atoms with Crippen LogP contribution in [0.1, 0.15) is 27.9 Å². The fourth-order valence-electron chi connectivity index (χ4n) is 4.13. The molecule has 30 heavy (non-hydrogen) atoms. The van der Waals surface area contributed by atoms with Gasteiger partial charge in [0.25, 0.3) is 0 Å². The van der Waals surface area contributed by atoms with Crippen LogP contribution >= 0.6 is 0 Å². The lowest BCUT2D eigenvalue weighted by molar-refractivity contribution is 0.0696. The third-order valence-corrected chi connectivity index (χ3v) is 5.72. The Morgan fingerprint density at radius 3 is 2.70 bits per heavy atom.